The van der Waals surface area contributed by atoms with Gasteiger partial charge in [-0.2, -0.15) is 0 Å². The van der Waals surface area contributed by atoms with Gasteiger partial charge >= 0.3 is 5.97 Å². The molecule has 1 aromatic heterocycles. The molecule has 3 rings (SSSR count). The molecular formula is C23H23NO7. The molecule has 1 N–H and O–H groups in total. The van der Waals surface area contributed by atoms with Crippen LogP contribution in [0.5, 0.6) is 23.0 Å². The first-order valence-corrected chi connectivity index (χ1v) is 9.39. The van der Waals surface area contributed by atoms with Crippen molar-refractivity contribution in [2.75, 3.05) is 21.3 Å². The third kappa shape index (κ3) is 5.16. The third-order valence-corrected chi connectivity index (χ3v) is 4.70. The van der Waals surface area contributed by atoms with Crippen LogP contribution >= 0.6 is 0 Å². The molecule has 0 aliphatic carbocycles. The van der Waals surface area contributed by atoms with Crippen molar-refractivity contribution in [1.82, 2.24) is 4.57 Å². The summed E-state index contributed by atoms with van der Waals surface area (Å²) < 4.78 is 22.8. The summed E-state index contributed by atoms with van der Waals surface area (Å²) in [5.41, 5.74) is 0.893. The molecular weight excluding hydrogens is 402 g/mol. The third-order valence-electron chi connectivity index (χ3n) is 4.70. The number of hydrogen-bond donors (Lipinski definition) is 1. The Morgan fingerprint density at radius 2 is 1.58 bits per heavy atom. The molecule has 0 aliphatic heterocycles. The monoisotopic (exact) mass is 425 g/mol. The summed E-state index contributed by atoms with van der Waals surface area (Å²) in [6, 6.07) is 13.5. The quantitative estimate of drug-likeness (QED) is 0.562. The van der Waals surface area contributed by atoms with Crippen LogP contribution < -0.4 is 24.4 Å². The van der Waals surface area contributed by atoms with Crippen LogP contribution in [0.2, 0.25) is 0 Å². The number of nitrogens with zero attached hydrogens (tertiary/aromatic N) is 1. The molecule has 8 nitrogen and oxygen atoms in total. The maximum Gasteiger partial charge on any atom is 0.352 e. The van der Waals surface area contributed by atoms with Crippen LogP contribution in [0.15, 0.2) is 59.5 Å². The molecule has 0 aliphatic rings. The molecule has 2 aromatic carbocycles. The Hall–Kier alpha value is -3.94. The van der Waals surface area contributed by atoms with E-state index in [4.69, 9.17) is 18.9 Å². The molecule has 0 bridgehead atoms. The Morgan fingerprint density at radius 3 is 2.19 bits per heavy atom. The van der Waals surface area contributed by atoms with E-state index in [1.807, 2.05) is 12.1 Å². The summed E-state index contributed by atoms with van der Waals surface area (Å²) in [5.74, 6) is 0.697. The number of ether oxygens (including phenoxy) is 4. The van der Waals surface area contributed by atoms with Gasteiger partial charge in [0.15, 0.2) is 5.75 Å². The molecule has 0 spiro atoms. The van der Waals surface area contributed by atoms with Crippen LogP contribution in [-0.2, 0) is 13.2 Å². The molecule has 0 fully saturated rings. The molecule has 0 amide bonds. The van der Waals surface area contributed by atoms with E-state index in [0.717, 1.165) is 17.2 Å². The van der Waals surface area contributed by atoms with Crippen molar-refractivity contribution in [1.29, 1.82) is 0 Å². The van der Waals surface area contributed by atoms with Gasteiger partial charge in [0.2, 0.25) is 5.43 Å². The van der Waals surface area contributed by atoms with Gasteiger partial charge in [-0.15, -0.1) is 0 Å². The lowest BCUT2D eigenvalue weighted by Crippen LogP contribution is -2.19. The molecule has 162 valence electrons. The second-order valence-corrected chi connectivity index (χ2v) is 6.63. The summed E-state index contributed by atoms with van der Waals surface area (Å²) in [7, 11) is 4.64. The topological polar surface area (TPSA) is 96.2 Å². The molecule has 0 unspecified atom stereocenters. The van der Waals surface area contributed by atoms with E-state index >= 15 is 0 Å². The summed E-state index contributed by atoms with van der Waals surface area (Å²) >= 11 is 0. The standard InChI is InChI=1S/C23H23NO7/c1-28-17-7-4-15(5-8-17)14-31-22-13-24(19(23(26)27)11-20(22)25)12-16-6-9-18(29-2)10-21(16)30-3/h4-11,13H,12,14H2,1-3H3,(H,26,27). The summed E-state index contributed by atoms with van der Waals surface area (Å²) in [6.07, 6.45) is 1.40. The molecule has 3 aromatic rings. The predicted molar refractivity (Wildman–Crippen MR) is 114 cm³/mol. The number of hydrogen-bond acceptors (Lipinski definition) is 6. The highest BCUT2D eigenvalue weighted by Crippen LogP contribution is 2.26. The van der Waals surface area contributed by atoms with Crippen molar-refractivity contribution in [3.8, 4) is 23.0 Å². The first-order chi connectivity index (χ1) is 14.9. The van der Waals surface area contributed by atoms with Crippen molar-refractivity contribution in [3.63, 3.8) is 0 Å². The Morgan fingerprint density at radius 1 is 0.903 bits per heavy atom. The highest BCUT2D eigenvalue weighted by atomic mass is 16.5. The zero-order valence-corrected chi connectivity index (χ0v) is 17.5. The number of carbonyl (C=O) groups is 1. The normalized spacial score (nSPS) is 10.4. The van der Waals surface area contributed by atoms with Crippen LogP contribution in [-0.4, -0.2) is 37.0 Å². The van der Waals surface area contributed by atoms with E-state index in [1.54, 1.807) is 44.6 Å². The number of aromatic nitrogens is 1. The van der Waals surface area contributed by atoms with E-state index in [1.165, 1.54) is 17.9 Å². The number of pyridine rings is 1. The minimum atomic E-state index is -1.22. The van der Waals surface area contributed by atoms with E-state index in [-0.39, 0.29) is 24.6 Å². The van der Waals surface area contributed by atoms with Crippen molar-refractivity contribution >= 4 is 5.97 Å². The van der Waals surface area contributed by atoms with E-state index < -0.39 is 11.4 Å². The first kappa shape index (κ1) is 21.8. The van der Waals surface area contributed by atoms with Crippen LogP contribution in [0, 0.1) is 0 Å². The zero-order chi connectivity index (χ0) is 22.4. The van der Waals surface area contributed by atoms with Gasteiger partial charge in [0.05, 0.1) is 34.1 Å². The predicted octanol–water partition coefficient (Wildman–Crippen LogP) is 3.20. The van der Waals surface area contributed by atoms with Crippen molar-refractivity contribution in [3.05, 3.63) is 81.8 Å². The van der Waals surface area contributed by atoms with Gasteiger partial charge in [0, 0.05) is 17.7 Å². The number of methoxy groups -OCH3 is 3. The minimum absolute atomic E-state index is 0.0493. The Labute approximate surface area is 179 Å². The SMILES string of the molecule is COc1ccc(COc2cn(Cc3ccc(OC)cc3OC)c(C(=O)O)cc2=O)cc1. The second kappa shape index (κ2) is 9.71. The van der Waals surface area contributed by atoms with E-state index in [2.05, 4.69) is 0 Å². The molecule has 31 heavy (non-hydrogen) atoms. The first-order valence-electron chi connectivity index (χ1n) is 9.39. The lowest BCUT2D eigenvalue weighted by molar-refractivity contribution is 0.0684. The average Bonchev–Trinajstić information content (AvgIpc) is 2.79. The highest BCUT2D eigenvalue weighted by Gasteiger charge is 2.16. The van der Waals surface area contributed by atoms with Crippen LogP contribution in [0.4, 0.5) is 0 Å². The lowest BCUT2D eigenvalue weighted by atomic mass is 10.1. The van der Waals surface area contributed by atoms with Gasteiger partial charge in [-0.3, -0.25) is 4.79 Å². The maximum absolute atomic E-state index is 12.4. The van der Waals surface area contributed by atoms with E-state index in [0.29, 0.717) is 17.2 Å². The number of aromatic carboxylic acids is 1. The fraction of sp³-hybridized carbons (Fsp3) is 0.217. The average molecular weight is 425 g/mol. The number of carboxylic acid groups (broad SMARTS) is 1. The number of benzene rings is 2. The maximum atomic E-state index is 12.4. The van der Waals surface area contributed by atoms with Gasteiger partial charge in [0.25, 0.3) is 0 Å². The molecule has 1 heterocycles. The van der Waals surface area contributed by atoms with E-state index in [9.17, 15) is 14.7 Å². The molecule has 0 atom stereocenters. The summed E-state index contributed by atoms with van der Waals surface area (Å²) in [5, 5.41) is 9.56. The van der Waals surface area contributed by atoms with Crippen molar-refractivity contribution < 1.29 is 28.8 Å². The van der Waals surface area contributed by atoms with Crippen LogP contribution in [0.1, 0.15) is 21.6 Å². The van der Waals surface area contributed by atoms with Gasteiger partial charge in [0.1, 0.15) is 29.5 Å². The number of carboxylic acids is 1. The minimum Gasteiger partial charge on any atom is -0.497 e. The smallest absolute Gasteiger partial charge is 0.352 e. The Kier molecular flexibility index (Phi) is 6.81. The zero-order valence-electron chi connectivity index (χ0n) is 17.5. The lowest BCUT2D eigenvalue weighted by Gasteiger charge is -2.16. The van der Waals surface area contributed by atoms with Crippen LogP contribution in [0.25, 0.3) is 0 Å². The summed E-state index contributed by atoms with van der Waals surface area (Å²) in [6.45, 7) is 0.311. The van der Waals surface area contributed by atoms with Gasteiger partial charge < -0.3 is 28.6 Å². The largest absolute Gasteiger partial charge is 0.497 e. The highest BCUT2D eigenvalue weighted by molar-refractivity contribution is 5.85. The molecule has 0 radical (unpaired) electrons. The number of rotatable bonds is 9. The molecule has 8 heteroatoms. The summed E-state index contributed by atoms with van der Waals surface area (Å²) in [4.78, 5) is 24.1. The Bertz CT molecular complexity index is 1120. The second-order valence-electron chi connectivity index (χ2n) is 6.63. The fourth-order valence-corrected chi connectivity index (χ4v) is 3.03. The Balaban J connectivity index is 1.90. The molecule has 0 saturated carbocycles. The van der Waals surface area contributed by atoms with Gasteiger partial charge in [-0.05, 0) is 29.8 Å². The van der Waals surface area contributed by atoms with Gasteiger partial charge in [-0.1, -0.05) is 12.1 Å². The molecule has 0 saturated heterocycles. The van der Waals surface area contributed by atoms with Gasteiger partial charge in [-0.25, -0.2) is 4.79 Å². The van der Waals surface area contributed by atoms with Crippen molar-refractivity contribution in [2.24, 2.45) is 0 Å². The van der Waals surface area contributed by atoms with Crippen LogP contribution in [0.3, 0.4) is 0 Å². The van der Waals surface area contributed by atoms with Crippen molar-refractivity contribution in [2.45, 2.75) is 13.2 Å². The fourth-order valence-electron chi connectivity index (χ4n) is 3.03.